The average molecular weight is 1020 g/mol. The third-order valence-corrected chi connectivity index (χ3v) is 13.1. The zero-order valence-corrected chi connectivity index (χ0v) is 47.9. The molecule has 0 N–H and O–H groups in total. The van der Waals surface area contributed by atoms with Gasteiger partial charge in [0.15, 0.2) is 6.10 Å². The van der Waals surface area contributed by atoms with E-state index in [-0.39, 0.29) is 37.5 Å². The van der Waals surface area contributed by atoms with Crippen LogP contribution in [0.1, 0.15) is 290 Å². The number of unbranched alkanes of at least 4 members (excludes halogenated alkanes) is 28. The normalized spacial score (nSPS) is 12.8. The third kappa shape index (κ3) is 59.1. The van der Waals surface area contributed by atoms with Gasteiger partial charge in [-0.15, -0.1) is 0 Å². The number of hydrogen-bond acceptors (Lipinski definition) is 6. The van der Waals surface area contributed by atoms with Crippen molar-refractivity contribution in [2.75, 3.05) is 13.2 Å². The molecule has 0 heterocycles. The minimum atomic E-state index is -0.799. The lowest BCUT2D eigenvalue weighted by molar-refractivity contribution is -0.167. The van der Waals surface area contributed by atoms with Crippen molar-refractivity contribution in [1.29, 1.82) is 0 Å². The SMILES string of the molecule is CC/C=C\C/C=C\C/C=C\C/C=C\CCCCCCCCCCCCCCC(=O)OCC(COC(=O)CCCCCCCCCCCCCCCCC)OC(=O)CCCC/C=C\C/C=C\C/C=C\C/C=C\CC. The molecular weight excluding hydrogens is 901 g/mol. The van der Waals surface area contributed by atoms with Crippen molar-refractivity contribution in [3.05, 3.63) is 97.2 Å². The van der Waals surface area contributed by atoms with E-state index in [2.05, 4.69) is 118 Å². The van der Waals surface area contributed by atoms with Gasteiger partial charge >= 0.3 is 17.9 Å². The number of carbonyl (C=O) groups excluding carboxylic acids is 3. The highest BCUT2D eigenvalue weighted by atomic mass is 16.6. The molecule has 1 atom stereocenters. The van der Waals surface area contributed by atoms with E-state index >= 15 is 0 Å². The summed E-state index contributed by atoms with van der Waals surface area (Å²) in [4.78, 5) is 38.2. The van der Waals surface area contributed by atoms with Crippen molar-refractivity contribution < 1.29 is 28.6 Å². The molecule has 0 amide bonds. The number of allylic oxidation sites excluding steroid dienone is 16. The van der Waals surface area contributed by atoms with E-state index in [9.17, 15) is 14.4 Å². The molecular formula is C67H114O6. The fourth-order valence-corrected chi connectivity index (χ4v) is 8.54. The lowest BCUT2D eigenvalue weighted by Gasteiger charge is -2.18. The highest BCUT2D eigenvalue weighted by Gasteiger charge is 2.19. The van der Waals surface area contributed by atoms with E-state index in [0.29, 0.717) is 19.3 Å². The maximum Gasteiger partial charge on any atom is 0.306 e. The van der Waals surface area contributed by atoms with E-state index < -0.39 is 6.10 Å². The van der Waals surface area contributed by atoms with Crippen LogP contribution in [0.5, 0.6) is 0 Å². The summed E-state index contributed by atoms with van der Waals surface area (Å²) in [5.74, 6) is -0.927. The maximum atomic E-state index is 12.9. The van der Waals surface area contributed by atoms with Crippen LogP contribution in [0.4, 0.5) is 0 Å². The first-order chi connectivity index (χ1) is 36.0. The Morgan fingerprint density at radius 3 is 0.863 bits per heavy atom. The van der Waals surface area contributed by atoms with E-state index in [4.69, 9.17) is 14.2 Å². The molecule has 0 radical (unpaired) electrons. The van der Waals surface area contributed by atoms with Gasteiger partial charge in [0.25, 0.3) is 0 Å². The van der Waals surface area contributed by atoms with Crippen LogP contribution in [-0.4, -0.2) is 37.2 Å². The van der Waals surface area contributed by atoms with Gasteiger partial charge in [-0.1, -0.05) is 272 Å². The fraction of sp³-hybridized carbons (Fsp3) is 0.716. The molecule has 0 saturated carbocycles. The highest BCUT2D eigenvalue weighted by Crippen LogP contribution is 2.16. The Labute approximate surface area is 451 Å². The summed E-state index contributed by atoms with van der Waals surface area (Å²) >= 11 is 0. The molecule has 0 fully saturated rings. The van der Waals surface area contributed by atoms with Crippen LogP contribution >= 0.6 is 0 Å². The van der Waals surface area contributed by atoms with Crippen LogP contribution < -0.4 is 0 Å². The molecule has 0 aromatic heterocycles. The first-order valence-corrected chi connectivity index (χ1v) is 30.7. The smallest absolute Gasteiger partial charge is 0.306 e. The lowest BCUT2D eigenvalue weighted by Crippen LogP contribution is -2.30. The highest BCUT2D eigenvalue weighted by molar-refractivity contribution is 5.71. The van der Waals surface area contributed by atoms with Gasteiger partial charge in [-0.05, 0) is 96.3 Å². The van der Waals surface area contributed by atoms with Crippen molar-refractivity contribution in [2.45, 2.75) is 297 Å². The molecule has 0 aliphatic carbocycles. The van der Waals surface area contributed by atoms with Gasteiger partial charge < -0.3 is 14.2 Å². The zero-order chi connectivity index (χ0) is 52.9. The van der Waals surface area contributed by atoms with E-state index in [1.54, 1.807) is 0 Å². The predicted octanol–water partition coefficient (Wildman–Crippen LogP) is 20.9. The molecule has 418 valence electrons. The van der Waals surface area contributed by atoms with Gasteiger partial charge in [-0.2, -0.15) is 0 Å². The van der Waals surface area contributed by atoms with Crippen molar-refractivity contribution >= 4 is 17.9 Å². The molecule has 73 heavy (non-hydrogen) atoms. The molecule has 0 saturated heterocycles. The number of hydrogen-bond donors (Lipinski definition) is 0. The largest absolute Gasteiger partial charge is 0.462 e. The van der Waals surface area contributed by atoms with E-state index in [0.717, 1.165) is 103 Å². The minimum absolute atomic E-state index is 0.0920. The summed E-state index contributed by atoms with van der Waals surface area (Å²) in [5, 5.41) is 0. The van der Waals surface area contributed by atoms with Gasteiger partial charge in [0, 0.05) is 19.3 Å². The molecule has 0 bridgehead atoms. The van der Waals surface area contributed by atoms with Crippen LogP contribution in [0.3, 0.4) is 0 Å². The zero-order valence-electron chi connectivity index (χ0n) is 47.9. The molecule has 1 unspecified atom stereocenters. The second-order valence-electron chi connectivity index (χ2n) is 20.2. The van der Waals surface area contributed by atoms with Crippen LogP contribution in [0, 0.1) is 0 Å². The Balaban J connectivity index is 4.34. The molecule has 0 rings (SSSR count). The van der Waals surface area contributed by atoms with Gasteiger partial charge in [-0.25, -0.2) is 0 Å². The minimum Gasteiger partial charge on any atom is -0.462 e. The molecule has 0 aromatic rings. The van der Waals surface area contributed by atoms with Crippen molar-refractivity contribution in [3.8, 4) is 0 Å². The van der Waals surface area contributed by atoms with Crippen LogP contribution in [0.15, 0.2) is 97.2 Å². The van der Waals surface area contributed by atoms with Gasteiger partial charge in [0.05, 0.1) is 0 Å². The topological polar surface area (TPSA) is 78.9 Å². The predicted molar refractivity (Wildman–Crippen MR) is 316 cm³/mol. The first kappa shape index (κ1) is 69.3. The quantitative estimate of drug-likeness (QED) is 0.0261. The maximum absolute atomic E-state index is 12.9. The number of rotatable bonds is 55. The summed E-state index contributed by atoms with van der Waals surface area (Å²) in [6, 6.07) is 0. The molecule has 0 aliphatic heterocycles. The number of carbonyl (C=O) groups is 3. The summed E-state index contributed by atoms with van der Waals surface area (Å²) in [7, 11) is 0. The van der Waals surface area contributed by atoms with Crippen LogP contribution in [0.25, 0.3) is 0 Å². The van der Waals surface area contributed by atoms with Crippen molar-refractivity contribution in [3.63, 3.8) is 0 Å². The fourth-order valence-electron chi connectivity index (χ4n) is 8.54. The molecule has 6 heteroatoms. The third-order valence-electron chi connectivity index (χ3n) is 13.1. The standard InChI is InChI=1S/C67H114O6/c1-4-7-10-13-16-19-22-25-28-29-30-31-32-33-34-35-36-37-40-42-45-48-51-54-57-60-66(69)72-63-64(73-67(70)61-58-55-52-49-46-43-39-27-24-21-18-15-12-9-6-3)62-71-65(68)59-56-53-50-47-44-41-38-26-23-20-17-14-11-8-5-2/h7,9-10,12,16,18-19,21,25,27-28,30-31,39,46,49,64H,4-6,8,11,13-15,17,20,22-24,26,29,32-38,40-45,47-48,50-63H2,1-3H3/b10-7-,12-9-,19-16-,21-18-,28-25-,31-30-,39-27-,49-46-. The van der Waals surface area contributed by atoms with E-state index in [1.165, 1.54) is 141 Å². The molecule has 6 nitrogen and oxygen atoms in total. The van der Waals surface area contributed by atoms with Crippen LogP contribution in [-0.2, 0) is 28.6 Å². The van der Waals surface area contributed by atoms with E-state index in [1.807, 2.05) is 0 Å². The number of esters is 3. The average Bonchev–Trinajstić information content (AvgIpc) is 3.39. The molecule has 0 spiro atoms. The molecule has 0 aliphatic rings. The van der Waals surface area contributed by atoms with Crippen LogP contribution in [0.2, 0.25) is 0 Å². The Morgan fingerprint density at radius 2 is 0.534 bits per heavy atom. The Bertz CT molecular complexity index is 1440. The second-order valence-corrected chi connectivity index (χ2v) is 20.2. The Kier molecular flexibility index (Phi) is 57.8. The molecule has 0 aromatic carbocycles. The van der Waals surface area contributed by atoms with Gasteiger partial charge in [0.1, 0.15) is 13.2 Å². The Morgan fingerprint density at radius 1 is 0.288 bits per heavy atom. The summed E-state index contributed by atoms with van der Waals surface area (Å²) in [5.41, 5.74) is 0. The Hall–Kier alpha value is -3.67. The lowest BCUT2D eigenvalue weighted by atomic mass is 10.0. The summed E-state index contributed by atoms with van der Waals surface area (Å²) in [6.45, 7) is 6.40. The van der Waals surface area contributed by atoms with Crippen molar-refractivity contribution in [2.24, 2.45) is 0 Å². The van der Waals surface area contributed by atoms with Crippen molar-refractivity contribution in [1.82, 2.24) is 0 Å². The van der Waals surface area contributed by atoms with Gasteiger partial charge in [0.2, 0.25) is 0 Å². The van der Waals surface area contributed by atoms with Gasteiger partial charge in [-0.3, -0.25) is 14.4 Å². The summed E-state index contributed by atoms with van der Waals surface area (Å²) < 4.78 is 16.9. The first-order valence-electron chi connectivity index (χ1n) is 30.7. The number of ether oxygens (including phenoxy) is 3. The second kappa shape index (κ2) is 60.9. The monoisotopic (exact) mass is 1010 g/mol. The summed E-state index contributed by atoms with van der Waals surface area (Å²) in [6.07, 6.45) is 81.3.